The monoisotopic (exact) mass is 350 g/mol. The highest BCUT2D eigenvalue weighted by atomic mass is 19.1. The van der Waals surface area contributed by atoms with Crippen LogP contribution in [0.15, 0.2) is 36.4 Å². The van der Waals surface area contributed by atoms with Crippen LogP contribution in [0.2, 0.25) is 0 Å². The normalized spacial score (nSPS) is 10.8. The molecule has 2 aromatic heterocycles. The third kappa shape index (κ3) is 4.04. The smallest absolute Gasteiger partial charge is 0.214 e. The molecular weight excluding hydrogens is 327 g/mol. The Hall–Kier alpha value is -2.84. The van der Waals surface area contributed by atoms with Crippen molar-refractivity contribution >= 4 is 16.7 Å². The van der Waals surface area contributed by atoms with Crippen molar-refractivity contribution in [1.82, 2.24) is 14.9 Å². The minimum Gasteiger partial charge on any atom is -0.378 e. The summed E-state index contributed by atoms with van der Waals surface area (Å²) in [5, 5.41) is 0.951. The van der Waals surface area contributed by atoms with E-state index in [1.807, 2.05) is 40.3 Å². The van der Waals surface area contributed by atoms with Gasteiger partial charge in [0.05, 0.1) is 0 Å². The third-order valence-corrected chi connectivity index (χ3v) is 4.18. The van der Waals surface area contributed by atoms with Gasteiger partial charge in [-0.15, -0.1) is 0 Å². The van der Waals surface area contributed by atoms with Crippen molar-refractivity contribution in [3.8, 4) is 11.8 Å². The van der Waals surface area contributed by atoms with Gasteiger partial charge in [0.2, 0.25) is 5.95 Å². The van der Waals surface area contributed by atoms with Crippen molar-refractivity contribution in [3.05, 3.63) is 59.2 Å². The SMILES string of the molecule is CN(C)Cc1c(CC#Cc2ccc(N(C)C)cc2)[nH]c2nc(F)ccc12. The Morgan fingerprint density at radius 1 is 1.04 bits per heavy atom. The second-order valence-electron chi connectivity index (χ2n) is 6.77. The lowest BCUT2D eigenvalue weighted by atomic mass is 10.1. The van der Waals surface area contributed by atoms with Crippen LogP contribution in [0.4, 0.5) is 10.1 Å². The van der Waals surface area contributed by atoms with Crippen molar-refractivity contribution in [2.24, 2.45) is 0 Å². The van der Waals surface area contributed by atoms with Crippen LogP contribution < -0.4 is 4.90 Å². The van der Waals surface area contributed by atoms with Crippen LogP contribution >= 0.6 is 0 Å². The summed E-state index contributed by atoms with van der Waals surface area (Å²) >= 11 is 0. The number of halogens is 1. The minimum atomic E-state index is -0.478. The summed E-state index contributed by atoms with van der Waals surface area (Å²) in [6, 6.07) is 11.3. The Kier molecular flexibility index (Phi) is 5.24. The fourth-order valence-corrected chi connectivity index (χ4v) is 2.88. The predicted molar refractivity (Wildman–Crippen MR) is 105 cm³/mol. The summed E-state index contributed by atoms with van der Waals surface area (Å²) in [4.78, 5) is 11.3. The minimum absolute atomic E-state index is 0.478. The van der Waals surface area contributed by atoms with Gasteiger partial charge < -0.3 is 14.8 Å². The number of aromatic nitrogens is 2. The lowest BCUT2D eigenvalue weighted by molar-refractivity contribution is 0.403. The van der Waals surface area contributed by atoms with Crippen LogP contribution in [0.3, 0.4) is 0 Å². The number of benzene rings is 1. The molecule has 0 unspecified atom stereocenters. The summed E-state index contributed by atoms with van der Waals surface area (Å²) in [6.07, 6.45) is 0.566. The summed E-state index contributed by atoms with van der Waals surface area (Å²) in [5.74, 6) is 5.94. The lowest BCUT2D eigenvalue weighted by Gasteiger charge is -2.11. The molecule has 0 fully saturated rings. The second-order valence-corrected chi connectivity index (χ2v) is 6.77. The first-order valence-electron chi connectivity index (χ1n) is 8.51. The number of hydrogen-bond acceptors (Lipinski definition) is 3. The van der Waals surface area contributed by atoms with Gasteiger partial charge in [-0.3, -0.25) is 0 Å². The van der Waals surface area contributed by atoms with Gasteiger partial charge in [-0.1, -0.05) is 11.8 Å². The first-order chi connectivity index (χ1) is 12.4. The highest BCUT2D eigenvalue weighted by Gasteiger charge is 2.13. The molecule has 0 aliphatic carbocycles. The van der Waals surface area contributed by atoms with E-state index in [1.165, 1.54) is 6.07 Å². The van der Waals surface area contributed by atoms with Crippen molar-refractivity contribution in [2.75, 3.05) is 33.1 Å². The van der Waals surface area contributed by atoms with Crippen LogP contribution in [-0.4, -0.2) is 43.1 Å². The van der Waals surface area contributed by atoms with Crippen LogP contribution in [0.1, 0.15) is 16.8 Å². The molecule has 0 aliphatic heterocycles. The number of hydrogen-bond donors (Lipinski definition) is 1. The Bertz CT molecular complexity index is 959. The van der Waals surface area contributed by atoms with Gasteiger partial charge in [0.1, 0.15) is 5.65 Å². The average Bonchev–Trinajstić information content (AvgIpc) is 2.91. The van der Waals surface area contributed by atoms with Gasteiger partial charge in [-0.2, -0.15) is 4.39 Å². The molecule has 0 bridgehead atoms. The van der Waals surface area contributed by atoms with E-state index in [4.69, 9.17) is 0 Å². The van der Waals surface area contributed by atoms with E-state index < -0.39 is 5.95 Å². The molecule has 0 radical (unpaired) electrons. The summed E-state index contributed by atoms with van der Waals surface area (Å²) in [7, 11) is 8.05. The molecule has 0 saturated carbocycles. The molecule has 0 atom stereocenters. The van der Waals surface area contributed by atoms with E-state index in [0.29, 0.717) is 12.1 Å². The van der Waals surface area contributed by atoms with Gasteiger partial charge in [-0.05, 0) is 56.1 Å². The first-order valence-corrected chi connectivity index (χ1v) is 8.51. The van der Waals surface area contributed by atoms with Gasteiger partial charge in [0, 0.05) is 49.4 Å². The maximum absolute atomic E-state index is 13.4. The number of anilines is 1. The molecular formula is C21H23FN4. The molecule has 2 heterocycles. The molecule has 0 amide bonds. The zero-order valence-electron chi connectivity index (χ0n) is 15.6. The highest BCUT2D eigenvalue weighted by molar-refractivity contribution is 5.81. The standard InChI is InChI=1S/C21H23FN4/c1-25(2)14-18-17-12-13-20(22)24-21(17)23-19(18)7-5-6-15-8-10-16(11-9-15)26(3)4/h8-13H,7,14H2,1-4H3,(H,23,24). The Morgan fingerprint density at radius 3 is 2.42 bits per heavy atom. The van der Waals surface area contributed by atoms with Crippen molar-refractivity contribution in [3.63, 3.8) is 0 Å². The van der Waals surface area contributed by atoms with Crippen LogP contribution in [0.25, 0.3) is 11.0 Å². The van der Waals surface area contributed by atoms with E-state index in [-0.39, 0.29) is 0 Å². The van der Waals surface area contributed by atoms with Gasteiger partial charge >= 0.3 is 0 Å². The lowest BCUT2D eigenvalue weighted by Crippen LogP contribution is -2.11. The largest absolute Gasteiger partial charge is 0.378 e. The van der Waals surface area contributed by atoms with Gasteiger partial charge in [-0.25, -0.2) is 4.98 Å². The van der Waals surface area contributed by atoms with E-state index in [0.717, 1.165) is 34.4 Å². The first kappa shape index (κ1) is 18.0. The highest BCUT2D eigenvalue weighted by Crippen LogP contribution is 2.23. The maximum atomic E-state index is 13.4. The van der Waals surface area contributed by atoms with E-state index in [1.54, 1.807) is 6.07 Å². The Morgan fingerprint density at radius 2 is 1.77 bits per heavy atom. The molecule has 4 nitrogen and oxygen atoms in total. The molecule has 3 rings (SSSR count). The zero-order valence-corrected chi connectivity index (χ0v) is 15.6. The summed E-state index contributed by atoms with van der Waals surface area (Å²) < 4.78 is 13.4. The van der Waals surface area contributed by atoms with Crippen LogP contribution in [-0.2, 0) is 13.0 Å². The zero-order chi connectivity index (χ0) is 18.7. The molecule has 1 N–H and O–H groups in total. The number of H-pyrrole nitrogens is 1. The Labute approximate surface area is 153 Å². The van der Waals surface area contributed by atoms with E-state index >= 15 is 0 Å². The molecule has 134 valence electrons. The van der Waals surface area contributed by atoms with Crippen LogP contribution in [0.5, 0.6) is 0 Å². The maximum Gasteiger partial charge on any atom is 0.214 e. The number of nitrogens with one attached hydrogen (secondary N) is 1. The fraction of sp³-hybridized carbons (Fsp3) is 0.286. The number of pyridine rings is 1. The quantitative estimate of drug-likeness (QED) is 0.578. The van der Waals surface area contributed by atoms with Crippen molar-refractivity contribution in [2.45, 2.75) is 13.0 Å². The van der Waals surface area contributed by atoms with Gasteiger partial charge in [0.25, 0.3) is 0 Å². The number of fused-ring (bicyclic) bond motifs is 1. The molecule has 0 aliphatic rings. The Balaban J connectivity index is 1.86. The van der Waals surface area contributed by atoms with E-state index in [9.17, 15) is 4.39 Å². The number of rotatable bonds is 4. The van der Waals surface area contributed by atoms with E-state index in [2.05, 4.69) is 43.7 Å². The molecule has 1 aromatic carbocycles. The average molecular weight is 350 g/mol. The van der Waals surface area contributed by atoms with Crippen molar-refractivity contribution < 1.29 is 4.39 Å². The van der Waals surface area contributed by atoms with Crippen molar-refractivity contribution in [1.29, 1.82) is 0 Å². The molecule has 5 heteroatoms. The van der Waals surface area contributed by atoms with Gasteiger partial charge in [0.15, 0.2) is 0 Å². The fourth-order valence-electron chi connectivity index (χ4n) is 2.88. The summed E-state index contributed by atoms with van der Waals surface area (Å²) in [5.41, 5.74) is 4.81. The van der Waals surface area contributed by atoms with Crippen LogP contribution in [0, 0.1) is 17.8 Å². The second kappa shape index (κ2) is 7.59. The summed E-state index contributed by atoms with van der Waals surface area (Å²) in [6.45, 7) is 0.752. The predicted octanol–water partition coefficient (Wildman–Crippen LogP) is 3.42. The molecule has 3 aromatic rings. The molecule has 26 heavy (non-hydrogen) atoms. The topological polar surface area (TPSA) is 35.2 Å². The number of nitrogens with zero attached hydrogens (tertiary/aromatic N) is 3. The number of aromatic amines is 1. The molecule has 0 saturated heterocycles. The third-order valence-electron chi connectivity index (χ3n) is 4.18. The molecule has 0 spiro atoms.